The van der Waals surface area contributed by atoms with Crippen molar-refractivity contribution in [1.29, 1.82) is 0 Å². The Morgan fingerprint density at radius 3 is 2.69 bits per heavy atom. The summed E-state index contributed by atoms with van der Waals surface area (Å²) in [5, 5.41) is 3.78. The monoisotopic (exact) mass is 649 g/mol. The minimum atomic E-state index is -0.966. The van der Waals surface area contributed by atoms with Crippen LogP contribution in [0.25, 0.3) is 44.1 Å². The molecular formula is C36H33F2N7O3. The smallest absolute Gasteiger partial charge is 0.344 e. The second-order valence-corrected chi connectivity index (χ2v) is 12.8. The molecule has 2 saturated heterocycles. The molecule has 6 heterocycles. The number of aryl methyl sites for hydroxylation is 1. The Labute approximate surface area is 274 Å². The highest BCUT2D eigenvalue weighted by molar-refractivity contribution is 6.18. The number of esters is 1. The first-order valence-corrected chi connectivity index (χ1v) is 15.9. The van der Waals surface area contributed by atoms with Crippen LogP contribution in [0.4, 0.5) is 20.2 Å². The van der Waals surface area contributed by atoms with Crippen molar-refractivity contribution in [3.8, 4) is 11.1 Å². The Bertz CT molecular complexity index is 2320. The second kappa shape index (κ2) is 11.4. The van der Waals surface area contributed by atoms with E-state index >= 15 is 8.78 Å². The van der Waals surface area contributed by atoms with Gasteiger partial charge in [-0.25, -0.2) is 23.5 Å². The fraction of sp³-hybridized carbons (Fsp3) is 0.278. The number of aromatic nitrogens is 4. The summed E-state index contributed by atoms with van der Waals surface area (Å²) in [6, 6.07) is 12.2. The number of carbonyl (C=O) groups excluding carboxylic acids is 1. The molecule has 2 aliphatic heterocycles. The van der Waals surface area contributed by atoms with Gasteiger partial charge >= 0.3 is 5.97 Å². The molecule has 4 aromatic heterocycles. The zero-order valence-electron chi connectivity index (χ0n) is 26.7. The van der Waals surface area contributed by atoms with Crippen LogP contribution in [0.3, 0.4) is 0 Å². The molecule has 0 amide bonds. The van der Waals surface area contributed by atoms with Gasteiger partial charge in [0, 0.05) is 75.6 Å². The number of nitrogens with zero attached hydrogens (tertiary/aromatic N) is 5. The van der Waals surface area contributed by atoms with Crippen molar-refractivity contribution >= 4 is 50.3 Å². The molecule has 2 N–H and O–H groups in total. The number of nitrogens with one attached hydrogen (secondary N) is 2. The summed E-state index contributed by atoms with van der Waals surface area (Å²) in [6.07, 6.45) is 5.73. The van der Waals surface area contributed by atoms with Gasteiger partial charge in [0.1, 0.15) is 23.5 Å². The van der Waals surface area contributed by atoms with Crippen LogP contribution >= 0.6 is 0 Å². The Morgan fingerprint density at radius 1 is 1.08 bits per heavy atom. The molecular weight excluding hydrogens is 616 g/mol. The Kier molecular flexibility index (Phi) is 7.13. The minimum Gasteiger partial charge on any atom is -0.457 e. The fourth-order valence-electron chi connectivity index (χ4n) is 7.56. The average molecular weight is 650 g/mol. The van der Waals surface area contributed by atoms with Gasteiger partial charge in [-0.1, -0.05) is 30.3 Å². The number of rotatable bonds is 6. The zero-order chi connectivity index (χ0) is 33.3. The van der Waals surface area contributed by atoms with Crippen LogP contribution in [-0.4, -0.2) is 70.2 Å². The number of pyridine rings is 3. The molecule has 2 aliphatic rings. The number of likely N-dealkylation sites (tertiary alicyclic amines) is 1. The van der Waals surface area contributed by atoms with E-state index in [1.165, 1.54) is 6.20 Å². The summed E-state index contributed by atoms with van der Waals surface area (Å²) in [5.74, 6) is -2.25. The highest BCUT2D eigenvalue weighted by Crippen LogP contribution is 2.47. The number of carbonyl (C=O) groups is 1. The van der Waals surface area contributed by atoms with Gasteiger partial charge in [-0.2, -0.15) is 0 Å². The molecule has 8 rings (SSSR count). The Hall–Kier alpha value is -5.36. The molecule has 2 atom stereocenters. The lowest BCUT2D eigenvalue weighted by molar-refractivity contribution is 0.0470. The van der Waals surface area contributed by atoms with Crippen molar-refractivity contribution < 1.29 is 18.3 Å². The summed E-state index contributed by atoms with van der Waals surface area (Å²) < 4.78 is 38.0. The summed E-state index contributed by atoms with van der Waals surface area (Å²) in [5.41, 5.74) is 3.72. The molecule has 244 valence electrons. The molecule has 0 aliphatic carbocycles. The molecule has 0 bridgehead atoms. The number of hydrogen-bond donors (Lipinski definition) is 2. The van der Waals surface area contributed by atoms with Crippen molar-refractivity contribution in [3.05, 3.63) is 94.0 Å². The summed E-state index contributed by atoms with van der Waals surface area (Å²) >= 11 is 0. The summed E-state index contributed by atoms with van der Waals surface area (Å²) in [7, 11) is 5.46. The van der Waals surface area contributed by atoms with Gasteiger partial charge in [-0.05, 0) is 31.0 Å². The largest absolute Gasteiger partial charge is 0.457 e. The molecule has 2 fully saturated rings. The van der Waals surface area contributed by atoms with Crippen molar-refractivity contribution in [2.75, 3.05) is 43.9 Å². The number of ether oxygens (including phenoxy) is 1. The van der Waals surface area contributed by atoms with Crippen LogP contribution in [0.15, 0.2) is 65.8 Å². The van der Waals surface area contributed by atoms with E-state index in [0.29, 0.717) is 50.6 Å². The van der Waals surface area contributed by atoms with E-state index in [-0.39, 0.29) is 29.0 Å². The summed E-state index contributed by atoms with van der Waals surface area (Å²) in [4.78, 5) is 44.2. The SMILES string of the molecule is CNc1cc(F)c(F)c2c1[nH]c1ncc(-c3cnc4c(c3)c(=O)c(C(=O)OCc3ccccc3)cn4C)c(N3CC[C@@H]4CN(C)C[C@@H]43)c12. The van der Waals surface area contributed by atoms with Crippen LogP contribution in [0.5, 0.6) is 0 Å². The van der Waals surface area contributed by atoms with E-state index in [4.69, 9.17) is 9.72 Å². The van der Waals surface area contributed by atoms with Crippen LogP contribution in [0, 0.1) is 17.6 Å². The van der Waals surface area contributed by atoms with E-state index in [0.717, 1.165) is 37.7 Å². The maximum Gasteiger partial charge on any atom is 0.344 e. The molecule has 0 saturated carbocycles. The molecule has 0 radical (unpaired) electrons. The second-order valence-electron chi connectivity index (χ2n) is 12.8. The summed E-state index contributed by atoms with van der Waals surface area (Å²) in [6.45, 7) is 2.51. The number of anilines is 2. The van der Waals surface area contributed by atoms with Gasteiger partial charge < -0.3 is 29.4 Å². The van der Waals surface area contributed by atoms with Crippen LogP contribution in [-0.2, 0) is 18.4 Å². The van der Waals surface area contributed by atoms with Gasteiger partial charge in [0.05, 0.1) is 33.1 Å². The highest BCUT2D eigenvalue weighted by atomic mass is 19.2. The van der Waals surface area contributed by atoms with Gasteiger partial charge in [0.15, 0.2) is 11.6 Å². The number of halogens is 2. The van der Waals surface area contributed by atoms with Crippen molar-refractivity contribution in [1.82, 2.24) is 24.4 Å². The van der Waals surface area contributed by atoms with E-state index in [2.05, 4.69) is 32.1 Å². The Balaban J connectivity index is 1.32. The average Bonchev–Trinajstić information content (AvgIpc) is 3.79. The van der Waals surface area contributed by atoms with E-state index in [9.17, 15) is 9.59 Å². The number of benzene rings is 2. The van der Waals surface area contributed by atoms with Gasteiger partial charge in [0.25, 0.3) is 0 Å². The van der Waals surface area contributed by atoms with Crippen LogP contribution in [0.1, 0.15) is 22.3 Å². The lowest BCUT2D eigenvalue weighted by Crippen LogP contribution is -2.35. The van der Waals surface area contributed by atoms with E-state index in [1.807, 2.05) is 30.3 Å². The zero-order valence-corrected chi connectivity index (χ0v) is 26.7. The number of likely N-dealkylation sites (N-methyl/N-ethyl adjacent to an activating group) is 1. The molecule has 48 heavy (non-hydrogen) atoms. The maximum absolute atomic E-state index is 15.8. The number of aromatic amines is 1. The quantitative estimate of drug-likeness (QED) is 0.230. The lowest BCUT2D eigenvalue weighted by atomic mass is 9.99. The molecule has 0 unspecified atom stereocenters. The number of hydrogen-bond acceptors (Lipinski definition) is 8. The number of H-pyrrole nitrogens is 1. The number of fused-ring (bicyclic) bond motifs is 5. The molecule has 10 nitrogen and oxygen atoms in total. The third kappa shape index (κ3) is 4.69. The fourth-order valence-corrected chi connectivity index (χ4v) is 7.56. The van der Waals surface area contributed by atoms with Crippen LogP contribution < -0.4 is 15.6 Å². The molecule has 0 spiro atoms. The van der Waals surface area contributed by atoms with Crippen LogP contribution in [0.2, 0.25) is 0 Å². The third-order valence-electron chi connectivity index (χ3n) is 9.81. The molecule has 2 aromatic carbocycles. The first kappa shape index (κ1) is 30.0. The normalized spacial score (nSPS) is 17.9. The topological polar surface area (TPSA) is 108 Å². The third-order valence-corrected chi connectivity index (χ3v) is 9.81. The predicted octanol–water partition coefficient (Wildman–Crippen LogP) is 5.45. The minimum absolute atomic E-state index is 0.0262. The highest BCUT2D eigenvalue weighted by Gasteiger charge is 2.42. The van der Waals surface area contributed by atoms with Gasteiger partial charge in [-0.15, -0.1) is 0 Å². The molecule has 6 aromatic rings. The van der Waals surface area contributed by atoms with Crippen molar-refractivity contribution in [3.63, 3.8) is 0 Å². The van der Waals surface area contributed by atoms with E-state index < -0.39 is 23.0 Å². The lowest BCUT2D eigenvalue weighted by Gasteiger charge is -2.29. The maximum atomic E-state index is 15.8. The standard InChI is InChI=1S/C36H33F2N7O3/c1-39-26-12-25(37)30(38)28-29-32(45-10-9-20-15-43(2)17-27(20)45)23(14-40-34(29)42-31(26)28)21-11-22-33(46)24(16-44(3)35(22)41-13-21)36(47)48-18-19-7-5-4-6-8-19/h4-8,11-14,16,20,27,39H,9-10,15,17-18H2,1-3H3,(H,40,42)/t20-,27+/m1/s1. The van der Waals surface area contributed by atoms with Gasteiger partial charge in [-0.3, -0.25) is 4.79 Å². The van der Waals surface area contributed by atoms with E-state index in [1.54, 1.807) is 37.1 Å². The van der Waals surface area contributed by atoms with Crippen molar-refractivity contribution in [2.24, 2.45) is 13.0 Å². The van der Waals surface area contributed by atoms with Gasteiger partial charge in [0.2, 0.25) is 5.43 Å². The first-order chi connectivity index (χ1) is 23.2. The predicted molar refractivity (Wildman–Crippen MR) is 181 cm³/mol. The van der Waals surface area contributed by atoms with Crippen molar-refractivity contribution in [2.45, 2.75) is 19.1 Å². The Morgan fingerprint density at radius 2 is 1.90 bits per heavy atom. The first-order valence-electron chi connectivity index (χ1n) is 15.9. The molecule has 12 heteroatoms.